The molecule has 0 saturated heterocycles. The Balaban J connectivity index is 2.74. The van der Waals surface area contributed by atoms with Gasteiger partial charge in [0.15, 0.2) is 0 Å². The third kappa shape index (κ3) is 7.11. The van der Waals surface area contributed by atoms with E-state index in [2.05, 4.69) is 5.32 Å². The molecule has 0 radical (unpaired) electrons. The summed E-state index contributed by atoms with van der Waals surface area (Å²) in [6, 6.07) is 4.76. The summed E-state index contributed by atoms with van der Waals surface area (Å²) in [4.78, 5) is 11.2. The highest BCUT2D eigenvalue weighted by molar-refractivity contribution is 7.89. The molecule has 0 aliphatic heterocycles. The Kier molecular flexibility index (Phi) is 6.52. The first-order valence-electron chi connectivity index (χ1n) is 6.41. The first-order valence-corrected chi connectivity index (χ1v) is 7.89. The highest BCUT2D eigenvalue weighted by Gasteiger charge is 2.29. The Morgan fingerprint density at radius 1 is 1.17 bits per heavy atom. The number of alkyl halides is 3. The third-order valence-electron chi connectivity index (χ3n) is 2.45. The van der Waals surface area contributed by atoms with Crippen LogP contribution in [0.1, 0.15) is 6.92 Å². The third-order valence-corrected chi connectivity index (χ3v) is 3.86. The molecule has 23 heavy (non-hydrogen) atoms. The van der Waals surface area contributed by atoms with Gasteiger partial charge in [-0.15, -0.1) is 0 Å². The van der Waals surface area contributed by atoms with Gasteiger partial charge < -0.3 is 5.32 Å². The van der Waals surface area contributed by atoms with Gasteiger partial charge in [-0.25, -0.2) is 13.1 Å². The number of benzene rings is 1. The largest absolute Gasteiger partial charge is 0.402 e. The van der Waals surface area contributed by atoms with Gasteiger partial charge in [0.25, 0.3) is 0 Å². The van der Waals surface area contributed by atoms with Crippen LogP contribution in [0.25, 0.3) is 0 Å². The number of halogens is 3. The van der Waals surface area contributed by atoms with Crippen molar-refractivity contribution in [2.45, 2.75) is 18.0 Å². The van der Waals surface area contributed by atoms with Gasteiger partial charge in [-0.2, -0.15) is 13.2 Å². The molecule has 9 heteroatoms. The molecule has 1 rings (SSSR count). The zero-order chi connectivity index (χ0) is 17.5. The average molecular weight is 348 g/mol. The van der Waals surface area contributed by atoms with Gasteiger partial charge in [0.1, 0.15) is 6.54 Å². The predicted octanol–water partition coefficient (Wildman–Crippen LogP) is 2.60. The fourth-order valence-corrected chi connectivity index (χ4v) is 2.43. The van der Waals surface area contributed by atoms with Crippen molar-refractivity contribution in [1.29, 1.82) is 0 Å². The SMILES string of the molecule is CC=CC=CC(=O)Nc1ccc(S(=O)(=O)NCC(F)(F)F)cc1. The quantitative estimate of drug-likeness (QED) is 0.613. The summed E-state index contributed by atoms with van der Waals surface area (Å²) in [6.45, 7) is 0.137. The van der Waals surface area contributed by atoms with Crippen molar-refractivity contribution in [3.63, 3.8) is 0 Å². The number of sulfonamides is 1. The molecule has 0 aliphatic carbocycles. The molecule has 2 N–H and O–H groups in total. The van der Waals surface area contributed by atoms with E-state index in [-0.39, 0.29) is 4.90 Å². The highest BCUT2D eigenvalue weighted by atomic mass is 32.2. The van der Waals surface area contributed by atoms with Crippen molar-refractivity contribution in [3.05, 3.63) is 48.6 Å². The topological polar surface area (TPSA) is 75.3 Å². The van der Waals surface area contributed by atoms with Gasteiger partial charge in [-0.3, -0.25) is 4.79 Å². The molecule has 0 spiro atoms. The number of hydrogen-bond acceptors (Lipinski definition) is 3. The number of anilines is 1. The minimum Gasteiger partial charge on any atom is -0.323 e. The van der Waals surface area contributed by atoms with Crippen LogP contribution in [-0.2, 0) is 14.8 Å². The average Bonchev–Trinajstić information content (AvgIpc) is 2.45. The smallest absolute Gasteiger partial charge is 0.323 e. The standard InChI is InChI=1S/C14H15F3N2O3S/c1-2-3-4-5-13(20)19-11-6-8-12(9-7-11)23(21,22)18-10-14(15,16)17/h2-9,18H,10H2,1H3,(H,19,20). The number of allylic oxidation sites excluding steroid dienone is 3. The first-order chi connectivity index (χ1) is 10.6. The van der Waals surface area contributed by atoms with Gasteiger partial charge in [0.05, 0.1) is 4.90 Å². The molecule has 0 heterocycles. The lowest BCUT2D eigenvalue weighted by molar-refractivity contribution is -0.121. The number of carbonyl (C=O) groups is 1. The zero-order valence-electron chi connectivity index (χ0n) is 12.1. The van der Waals surface area contributed by atoms with Gasteiger partial charge in [-0.1, -0.05) is 18.2 Å². The molecule has 126 valence electrons. The molecule has 1 amide bonds. The molecule has 0 bridgehead atoms. The predicted molar refractivity (Wildman–Crippen MR) is 80.3 cm³/mol. The van der Waals surface area contributed by atoms with Crippen LogP contribution < -0.4 is 10.0 Å². The molecule has 1 aromatic carbocycles. The second-order valence-corrected chi connectivity index (χ2v) is 6.11. The Hall–Kier alpha value is -2.13. The van der Waals surface area contributed by atoms with Crippen LogP contribution in [0.5, 0.6) is 0 Å². The van der Waals surface area contributed by atoms with Crippen LogP contribution in [-0.4, -0.2) is 27.0 Å². The Morgan fingerprint density at radius 2 is 1.78 bits per heavy atom. The molecule has 1 aromatic rings. The summed E-state index contributed by atoms with van der Waals surface area (Å²) in [7, 11) is -4.26. The lowest BCUT2D eigenvalue weighted by Crippen LogP contribution is -2.33. The maximum Gasteiger partial charge on any atom is 0.402 e. The molecule has 0 fully saturated rings. The zero-order valence-corrected chi connectivity index (χ0v) is 12.9. The molecule has 5 nitrogen and oxygen atoms in total. The van der Waals surface area contributed by atoms with E-state index in [9.17, 15) is 26.4 Å². The monoisotopic (exact) mass is 348 g/mol. The maximum atomic E-state index is 12.1. The molecule has 0 aromatic heterocycles. The lowest BCUT2D eigenvalue weighted by atomic mass is 10.3. The van der Waals surface area contributed by atoms with Gasteiger partial charge in [-0.05, 0) is 31.2 Å². The highest BCUT2D eigenvalue weighted by Crippen LogP contribution is 2.17. The molecule has 0 unspecified atom stereocenters. The van der Waals surface area contributed by atoms with Gasteiger partial charge in [0, 0.05) is 11.8 Å². The molecule has 0 saturated carbocycles. The number of hydrogen-bond donors (Lipinski definition) is 2. The second kappa shape index (κ2) is 7.93. The van der Waals surface area contributed by atoms with Crippen LogP contribution >= 0.6 is 0 Å². The van der Waals surface area contributed by atoms with E-state index in [1.165, 1.54) is 29.0 Å². The molecular formula is C14H15F3N2O3S. The maximum absolute atomic E-state index is 12.1. The van der Waals surface area contributed by atoms with Crippen molar-refractivity contribution >= 4 is 21.6 Å². The lowest BCUT2D eigenvalue weighted by Gasteiger charge is -2.10. The van der Waals surface area contributed by atoms with Crippen molar-refractivity contribution in [1.82, 2.24) is 4.72 Å². The van der Waals surface area contributed by atoms with Crippen LogP contribution in [0, 0.1) is 0 Å². The first kappa shape index (κ1) is 18.9. The summed E-state index contributed by atoms with van der Waals surface area (Å²) in [5.74, 6) is -0.422. The van der Waals surface area contributed by atoms with E-state index < -0.39 is 28.7 Å². The fraction of sp³-hybridized carbons (Fsp3) is 0.214. The van der Waals surface area contributed by atoms with E-state index in [1.54, 1.807) is 19.1 Å². The van der Waals surface area contributed by atoms with Gasteiger partial charge >= 0.3 is 6.18 Å². The van der Waals surface area contributed by atoms with E-state index in [1.807, 2.05) is 0 Å². The Morgan fingerprint density at radius 3 is 2.30 bits per heavy atom. The number of rotatable bonds is 6. The minimum atomic E-state index is -4.64. The summed E-state index contributed by atoms with van der Waals surface area (Å²) in [6.07, 6.45) is 1.55. The van der Waals surface area contributed by atoms with Crippen molar-refractivity contribution < 1.29 is 26.4 Å². The number of amides is 1. The van der Waals surface area contributed by atoms with Crippen LogP contribution in [0.3, 0.4) is 0 Å². The van der Waals surface area contributed by atoms with E-state index in [0.29, 0.717) is 5.69 Å². The minimum absolute atomic E-state index is 0.315. The van der Waals surface area contributed by atoms with E-state index >= 15 is 0 Å². The van der Waals surface area contributed by atoms with Gasteiger partial charge in [0.2, 0.25) is 15.9 Å². The summed E-state index contributed by atoms with van der Waals surface area (Å²) in [5, 5.41) is 2.48. The normalized spacial score (nSPS) is 12.9. The van der Waals surface area contributed by atoms with Crippen molar-refractivity contribution in [3.8, 4) is 0 Å². The summed E-state index contributed by atoms with van der Waals surface area (Å²) < 4.78 is 60.9. The molecular weight excluding hydrogens is 333 g/mol. The van der Waals surface area contributed by atoms with Crippen molar-refractivity contribution in [2.75, 3.05) is 11.9 Å². The summed E-state index contributed by atoms with van der Waals surface area (Å²) >= 11 is 0. The van der Waals surface area contributed by atoms with Crippen molar-refractivity contribution in [2.24, 2.45) is 0 Å². The summed E-state index contributed by atoms with van der Waals surface area (Å²) in [5.41, 5.74) is 0.315. The van der Waals surface area contributed by atoms with E-state index in [0.717, 1.165) is 12.1 Å². The second-order valence-electron chi connectivity index (χ2n) is 4.34. The van der Waals surface area contributed by atoms with E-state index in [4.69, 9.17) is 0 Å². The molecule has 0 atom stereocenters. The van der Waals surface area contributed by atoms with Crippen LogP contribution in [0.2, 0.25) is 0 Å². The Labute approximate surface area is 131 Å². The number of carbonyl (C=O) groups excluding carboxylic acids is 1. The fourth-order valence-electron chi connectivity index (χ4n) is 1.42. The Bertz CT molecular complexity index is 693. The molecule has 0 aliphatic rings. The van der Waals surface area contributed by atoms with Crippen LogP contribution in [0.15, 0.2) is 53.5 Å². The number of nitrogens with one attached hydrogen (secondary N) is 2. The van der Waals surface area contributed by atoms with Crippen LogP contribution in [0.4, 0.5) is 18.9 Å².